The summed E-state index contributed by atoms with van der Waals surface area (Å²) in [5, 5.41) is 0. The summed E-state index contributed by atoms with van der Waals surface area (Å²) in [7, 11) is 0. The van der Waals surface area contributed by atoms with Crippen LogP contribution in [-0.4, -0.2) is 0 Å². The molecular formula is C14H18. The van der Waals surface area contributed by atoms with Crippen LogP contribution in [0.15, 0.2) is 24.3 Å². The monoisotopic (exact) mass is 186 g/mol. The van der Waals surface area contributed by atoms with Gasteiger partial charge >= 0.3 is 0 Å². The molecule has 0 bridgehead atoms. The molecule has 0 heterocycles. The van der Waals surface area contributed by atoms with Gasteiger partial charge in [0.2, 0.25) is 0 Å². The van der Waals surface area contributed by atoms with Crippen LogP contribution >= 0.6 is 0 Å². The molecule has 0 aliphatic carbocycles. The number of aryl methyl sites for hydroxylation is 1. The minimum absolute atomic E-state index is 0.643. The molecule has 74 valence electrons. The lowest BCUT2D eigenvalue weighted by Crippen LogP contribution is -1.97. The van der Waals surface area contributed by atoms with E-state index in [0.717, 1.165) is 12.8 Å². The molecular weight excluding hydrogens is 168 g/mol. The van der Waals surface area contributed by atoms with Gasteiger partial charge in [0.15, 0.2) is 0 Å². The summed E-state index contributed by atoms with van der Waals surface area (Å²) in [6.07, 6.45) is 8.32. The first kappa shape index (κ1) is 10.9. The van der Waals surface area contributed by atoms with Crippen LogP contribution in [-0.2, 0) is 6.42 Å². The summed E-state index contributed by atoms with van der Waals surface area (Å²) < 4.78 is 0. The van der Waals surface area contributed by atoms with Crippen molar-refractivity contribution in [3.05, 3.63) is 35.4 Å². The standard InChI is InChI=1S/C14H18/c1-4-6-9-13-10-7-8-11-14(13)12(3)5-2/h1,7-8,10-12H,5-6,9H2,2-3H3. The van der Waals surface area contributed by atoms with E-state index in [4.69, 9.17) is 6.42 Å². The fourth-order valence-corrected chi connectivity index (χ4v) is 1.67. The van der Waals surface area contributed by atoms with Gasteiger partial charge in [-0.3, -0.25) is 0 Å². The van der Waals surface area contributed by atoms with Gasteiger partial charge in [-0.05, 0) is 29.9 Å². The molecule has 1 rings (SSSR count). The molecule has 0 saturated carbocycles. The highest BCUT2D eigenvalue weighted by Crippen LogP contribution is 2.23. The third kappa shape index (κ3) is 2.64. The Balaban J connectivity index is 2.86. The highest BCUT2D eigenvalue weighted by Gasteiger charge is 2.06. The first-order valence-electron chi connectivity index (χ1n) is 5.30. The summed E-state index contributed by atoms with van der Waals surface area (Å²) in [6, 6.07) is 8.62. The van der Waals surface area contributed by atoms with Crippen molar-refractivity contribution >= 4 is 0 Å². The van der Waals surface area contributed by atoms with Gasteiger partial charge < -0.3 is 0 Å². The molecule has 1 atom stereocenters. The maximum absolute atomic E-state index is 5.29. The van der Waals surface area contributed by atoms with E-state index >= 15 is 0 Å². The Bertz CT molecular complexity index is 317. The van der Waals surface area contributed by atoms with E-state index in [-0.39, 0.29) is 0 Å². The molecule has 0 heteroatoms. The summed E-state index contributed by atoms with van der Waals surface area (Å²) >= 11 is 0. The summed E-state index contributed by atoms with van der Waals surface area (Å²) in [5.74, 6) is 3.34. The van der Waals surface area contributed by atoms with E-state index in [0.29, 0.717) is 5.92 Å². The zero-order valence-electron chi connectivity index (χ0n) is 9.09. The molecule has 0 nitrogen and oxygen atoms in total. The Morgan fingerprint density at radius 2 is 2.07 bits per heavy atom. The average molecular weight is 186 g/mol. The van der Waals surface area contributed by atoms with Crippen LogP contribution in [0.1, 0.15) is 43.7 Å². The van der Waals surface area contributed by atoms with Crippen LogP contribution < -0.4 is 0 Å². The van der Waals surface area contributed by atoms with Crippen molar-refractivity contribution in [1.29, 1.82) is 0 Å². The zero-order valence-corrected chi connectivity index (χ0v) is 9.09. The topological polar surface area (TPSA) is 0 Å². The second-order valence-electron chi connectivity index (χ2n) is 3.71. The van der Waals surface area contributed by atoms with E-state index in [1.54, 1.807) is 0 Å². The molecule has 0 amide bonds. The van der Waals surface area contributed by atoms with Crippen molar-refractivity contribution in [1.82, 2.24) is 0 Å². The fraction of sp³-hybridized carbons (Fsp3) is 0.429. The van der Waals surface area contributed by atoms with Crippen LogP contribution in [0, 0.1) is 12.3 Å². The van der Waals surface area contributed by atoms with Gasteiger partial charge in [0.1, 0.15) is 0 Å². The highest BCUT2D eigenvalue weighted by molar-refractivity contribution is 5.30. The number of hydrogen-bond acceptors (Lipinski definition) is 0. The molecule has 1 aromatic rings. The van der Waals surface area contributed by atoms with E-state index in [1.165, 1.54) is 17.5 Å². The molecule has 0 radical (unpaired) electrons. The summed E-state index contributed by atoms with van der Waals surface area (Å²) in [4.78, 5) is 0. The van der Waals surface area contributed by atoms with Gasteiger partial charge in [0, 0.05) is 6.42 Å². The smallest absolute Gasteiger partial charge is 0.0127 e. The van der Waals surface area contributed by atoms with Crippen LogP contribution in [0.3, 0.4) is 0 Å². The van der Waals surface area contributed by atoms with Crippen molar-refractivity contribution in [2.45, 2.75) is 39.0 Å². The maximum atomic E-state index is 5.29. The Kier molecular flexibility index (Phi) is 4.26. The lowest BCUT2D eigenvalue weighted by Gasteiger charge is -2.13. The van der Waals surface area contributed by atoms with Crippen molar-refractivity contribution in [3.8, 4) is 12.3 Å². The molecule has 0 aliphatic rings. The highest BCUT2D eigenvalue weighted by atomic mass is 14.1. The predicted molar refractivity (Wildman–Crippen MR) is 62.3 cm³/mol. The van der Waals surface area contributed by atoms with Crippen molar-refractivity contribution in [3.63, 3.8) is 0 Å². The molecule has 0 aliphatic heterocycles. The van der Waals surface area contributed by atoms with E-state index in [1.807, 2.05) is 0 Å². The Hall–Kier alpha value is -1.22. The van der Waals surface area contributed by atoms with Gasteiger partial charge in [0.05, 0.1) is 0 Å². The molecule has 1 aromatic carbocycles. The molecule has 1 unspecified atom stereocenters. The fourth-order valence-electron chi connectivity index (χ4n) is 1.67. The van der Waals surface area contributed by atoms with Crippen molar-refractivity contribution < 1.29 is 0 Å². The lowest BCUT2D eigenvalue weighted by atomic mass is 9.92. The Morgan fingerprint density at radius 1 is 1.36 bits per heavy atom. The SMILES string of the molecule is C#CCCc1ccccc1C(C)CC. The minimum Gasteiger partial charge on any atom is -0.120 e. The van der Waals surface area contributed by atoms with Crippen LogP contribution in [0.4, 0.5) is 0 Å². The normalized spacial score (nSPS) is 12.1. The van der Waals surface area contributed by atoms with Gasteiger partial charge in [-0.25, -0.2) is 0 Å². The second kappa shape index (κ2) is 5.50. The van der Waals surface area contributed by atoms with Crippen LogP contribution in [0.25, 0.3) is 0 Å². The summed E-state index contributed by atoms with van der Waals surface area (Å²) in [6.45, 7) is 4.50. The maximum Gasteiger partial charge on any atom is 0.0127 e. The predicted octanol–water partition coefficient (Wildman–Crippen LogP) is 3.77. The quantitative estimate of drug-likeness (QED) is 0.628. The molecule has 0 spiro atoms. The molecule has 0 fully saturated rings. The van der Waals surface area contributed by atoms with Gasteiger partial charge in [-0.15, -0.1) is 12.3 Å². The third-order valence-electron chi connectivity index (χ3n) is 2.74. The molecule has 0 saturated heterocycles. The largest absolute Gasteiger partial charge is 0.120 e. The number of hydrogen-bond donors (Lipinski definition) is 0. The summed E-state index contributed by atoms with van der Waals surface area (Å²) in [5.41, 5.74) is 2.88. The minimum atomic E-state index is 0.643. The van der Waals surface area contributed by atoms with E-state index < -0.39 is 0 Å². The zero-order chi connectivity index (χ0) is 10.4. The lowest BCUT2D eigenvalue weighted by molar-refractivity contribution is 0.721. The first-order chi connectivity index (χ1) is 6.79. The van der Waals surface area contributed by atoms with Crippen molar-refractivity contribution in [2.75, 3.05) is 0 Å². The second-order valence-corrected chi connectivity index (χ2v) is 3.71. The molecule has 0 aromatic heterocycles. The number of rotatable bonds is 4. The van der Waals surface area contributed by atoms with Gasteiger partial charge in [-0.2, -0.15) is 0 Å². The molecule has 14 heavy (non-hydrogen) atoms. The van der Waals surface area contributed by atoms with E-state index in [9.17, 15) is 0 Å². The van der Waals surface area contributed by atoms with Gasteiger partial charge in [-0.1, -0.05) is 38.1 Å². The number of benzene rings is 1. The van der Waals surface area contributed by atoms with Crippen LogP contribution in [0.2, 0.25) is 0 Å². The number of terminal acetylenes is 1. The van der Waals surface area contributed by atoms with Crippen LogP contribution in [0.5, 0.6) is 0 Å². The van der Waals surface area contributed by atoms with E-state index in [2.05, 4.69) is 44.0 Å². The average Bonchev–Trinajstić information content (AvgIpc) is 2.25. The van der Waals surface area contributed by atoms with Gasteiger partial charge in [0.25, 0.3) is 0 Å². The Labute approximate surface area is 87.4 Å². The Morgan fingerprint density at radius 3 is 2.71 bits per heavy atom. The third-order valence-corrected chi connectivity index (χ3v) is 2.74. The van der Waals surface area contributed by atoms with Crippen molar-refractivity contribution in [2.24, 2.45) is 0 Å². The first-order valence-corrected chi connectivity index (χ1v) is 5.30. The molecule has 0 N–H and O–H groups in total.